The number of halogens is 1. The third kappa shape index (κ3) is 3.72. The van der Waals surface area contributed by atoms with Crippen molar-refractivity contribution in [2.24, 2.45) is 0 Å². The number of piperidine rings is 1. The molecule has 0 radical (unpaired) electrons. The number of fused-ring (bicyclic) bond motifs is 1. The van der Waals surface area contributed by atoms with Crippen LogP contribution in [0.25, 0.3) is 10.9 Å². The average molecular weight is 410 g/mol. The molecule has 3 heterocycles. The summed E-state index contributed by atoms with van der Waals surface area (Å²) in [4.78, 5) is 19.8. The first-order valence-electron chi connectivity index (χ1n) is 10.2. The smallest absolute Gasteiger partial charge is 0.414 e. The predicted molar refractivity (Wildman–Crippen MR) is 116 cm³/mol. The number of aromatic amines is 1. The van der Waals surface area contributed by atoms with Crippen LogP contribution in [0.4, 0.5) is 10.5 Å². The summed E-state index contributed by atoms with van der Waals surface area (Å²) < 4.78 is 5.63. The number of anilines is 1. The van der Waals surface area contributed by atoms with E-state index >= 15 is 0 Å². The number of cyclic esters (lactones) is 1. The Morgan fingerprint density at radius 3 is 2.62 bits per heavy atom. The first-order valence-corrected chi connectivity index (χ1v) is 10.6. The number of rotatable bonds is 4. The molecule has 1 aromatic heterocycles. The largest absolute Gasteiger partial charge is 0.443 e. The van der Waals surface area contributed by atoms with Gasteiger partial charge in [-0.15, -0.1) is 0 Å². The van der Waals surface area contributed by atoms with Crippen LogP contribution in [-0.2, 0) is 4.74 Å². The SMILES string of the molecule is O=C1O[C@@H](CN2CCC(c3c[nH]c4ccccc34)CC2)CN1c1ccc(Cl)cc1. The summed E-state index contributed by atoms with van der Waals surface area (Å²) in [5.74, 6) is 0.582. The Morgan fingerprint density at radius 1 is 1.07 bits per heavy atom. The summed E-state index contributed by atoms with van der Waals surface area (Å²) in [5.41, 5.74) is 3.48. The van der Waals surface area contributed by atoms with Crippen molar-refractivity contribution in [2.75, 3.05) is 31.1 Å². The lowest BCUT2D eigenvalue weighted by molar-refractivity contribution is 0.0977. The van der Waals surface area contributed by atoms with E-state index in [0.717, 1.165) is 38.2 Å². The third-order valence-electron chi connectivity index (χ3n) is 6.12. The molecule has 2 aromatic carbocycles. The molecule has 6 heteroatoms. The molecule has 0 unspecified atom stereocenters. The fraction of sp³-hybridized carbons (Fsp3) is 0.348. The number of carbonyl (C=O) groups excluding carboxylic acids is 1. The zero-order valence-corrected chi connectivity index (χ0v) is 16.9. The van der Waals surface area contributed by atoms with E-state index in [1.165, 1.54) is 16.5 Å². The Bertz CT molecular complexity index is 1010. The second kappa shape index (κ2) is 7.73. The number of likely N-dealkylation sites (tertiary alicyclic amines) is 1. The van der Waals surface area contributed by atoms with E-state index in [9.17, 15) is 4.79 Å². The fourth-order valence-corrected chi connectivity index (χ4v) is 4.72. The minimum absolute atomic E-state index is 0.0946. The van der Waals surface area contributed by atoms with Crippen LogP contribution in [0.3, 0.4) is 0 Å². The summed E-state index contributed by atoms with van der Waals surface area (Å²) in [6.07, 6.45) is 4.06. The van der Waals surface area contributed by atoms with Gasteiger partial charge in [0.25, 0.3) is 0 Å². The summed E-state index contributed by atoms with van der Waals surface area (Å²) >= 11 is 5.95. The maximum atomic E-state index is 12.3. The normalized spacial score (nSPS) is 21.1. The van der Waals surface area contributed by atoms with Gasteiger partial charge in [-0.1, -0.05) is 29.8 Å². The van der Waals surface area contributed by atoms with Gasteiger partial charge in [-0.3, -0.25) is 9.80 Å². The van der Waals surface area contributed by atoms with Crippen molar-refractivity contribution < 1.29 is 9.53 Å². The summed E-state index contributed by atoms with van der Waals surface area (Å²) in [6, 6.07) is 15.8. The van der Waals surface area contributed by atoms with Crippen LogP contribution in [-0.4, -0.2) is 48.3 Å². The fourth-order valence-electron chi connectivity index (χ4n) is 4.59. The summed E-state index contributed by atoms with van der Waals surface area (Å²) in [7, 11) is 0. The lowest BCUT2D eigenvalue weighted by atomic mass is 9.89. The van der Waals surface area contributed by atoms with Crippen molar-refractivity contribution >= 4 is 34.3 Å². The minimum Gasteiger partial charge on any atom is -0.443 e. The monoisotopic (exact) mass is 409 g/mol. The molecule has 2 fully saturated rings. The number of H-pyrrole nitrogens is 1. The molecule has 0 saturated carbocycles. The van der Waals surface area contributed by atoms with E-state index in [1.54, 1.807) is 17.0 Å². The van der Waals surface area contributed by atoms with Crippen molar-refractivity contribution in [1.29, 1.82) is 0 Å². The molecule has 2 aliphatic heterocycles. The van der Waals surface area contributed by atoms with Gasteiger partial charge in [-0.25, -0.2) is 4.79 Å². The molecule has 5 rings (SSSR count). The van der Waals surface area contributed by atoms with E-state index in [-0.39, 0.29) is 12.2 Å². The van der Waals surface area contributed by atoms with Crippen molar-refractivity contribution in [2.45, 2.75) is 24.9 Å². The maximum Gasteiger partial charge on any atom is 0.414 e. The molecule has 1 N–H and O–H groups in total. The number of nitrogens with zero attached hydrogens (tertiary/aromatic N) is 2. The van der Waals surface area contributed by atoms with Gasteiger partial charge in [0, 0.05) is 34.4 Å². The second-order valence-electron chi connectivity index (χ2n) is 7.96. The molecule has 5 nitrogen and oxygen atoms in total. The number of aromatic nitrogens is 1. The first kappa shape index (κ1) is 18.5. The molecular formula is C23H24ClN3O2. The Balaban J connectivity index is 1.18. The molecular weight excluding hydrogens is 386 g/mol. The zero-order chi connectivity index (χ0) is 19.8. The Labute approximate surface area is 175 Å². The van der Waals surface area contributed by atoms with E-state index < -0.39 is 0 Å². The maximum absolute atomic E-state index is 12.3. The number of carbonyl (C=O) groups is 1. The van der Waals surface area contributed by atoms with Crippen LogP contribution in [0.5, 0.6) is 0 Å². The highest BCUT2D eigenvalue weighted by Crippen LogP contribution is 2.33. The van der Waals surface area contributed by atoms with Crippen molar-refractivity contribution in [1.82, 2.24) is 9.88 Å². The highest BCUT2D eigenvalue weighted by Gasteiger charge is 2.34. The number of ether oxygens (including phenoxy) is 1. The van der Waals surface area contributed by atoms with Gasteiger partial charge in [0.2, 0.25) is 0 Å². The highest BCUT2D eigenvalue weighted by atomic mass is 35.5. The van der Waals surface area contributed by atoms with Crippen molar-refractivity contribution in [3.8, 4) is 0 Å². The molecule has 150 valence electrons. The molecule has 0 spiro atoms. The lowest BCUT2D eigenvalue weighted by Gasteiger charge is -2.32. The number of nitrogens with one attached hydrogen (secondary N) is 1. The highest BCUT2D eigenvalue weighted by molar-refractivity contribution is 6.30. The molecule has 2 saturated heterocycles. The van der Waals surface area contributed by atoms with Crippen LogP contribution in [0, 0.1) is 0 Å². The Hall–Kier alpha value is -2.50. The van der Waals surface area contributed by atoms with Gasteiger partial charge in [-0.2, -0.15) is 0 Å². The third-order valence-corrected chi connectivity index (χ3v) is 6.37. The van der Waals surface area contributed by atoms with Gasteiger partial charge in [0.15, 0.2) is 0 Å². The summed E-state index contributed by atoms with van der Waals surface area (Å²) in [5, 5.41) is 2.00. The van der Waals surface area contributed by atoms with Crippen LogP contribution in [0.1, 0.15) is 24.3 Å². The minimum atomic E-state index is -0.272. The standard InChI is InChI=1S/C23H24ClN3O2/c24-17-5-7-18(8-6-17)27-15-19(29-23(27)28)14-26-11-9-16(10-12-26)21-13-25-22-4-2-1-3-20(21)22/h1-8,13,16,19,25H,9-12,14-15H2/t19-/m0/s1. The van der Waals surface area contributed by atoms with Crippen LogP contribution >= 0.6 is 11.6 Å². The molecule has 0 bridgehead atoms. The van der Waals surface area contributed by atoms with Crippen molar-refractivity contribution in [3.63, 3.8) is 0 Å². The van der Waals surface area contributed by atoms with E-state index in [2.05, 4.69) is 40.3 Å². The predicted octanol–water partition coefficient (Wildman–Crippen LogP) is 5.03. The first-order chi connectivity index (χ1) is 14.2. The van der Waals surface area contributed by atoms with Gasteiger partial charge in [0.1, 0.15) is 6.10 Å². The Morgan fingerprint density at radius 2 is 1.83 bits per heavy atom. The number of para-hydroxylation sites is 1. The van der Waals surface area contributed by atoms with E-state index in [1.807, 2.05) is 12.1 Å². The van der Waals surface area contributed by atoms with Crippen LogP contribution in [0.15, 0.2) is 54.7 Å². The topological polar surface area (TPSA) is 48.6 Å². The van der Waals surface area contributed by atoms with E-state index in [0.29, 0.717) is 17.5 Å². The molecule has 0 aliphatic carbocycles. The number of hydrogen-bond donors (Lipinski definition) is 1. The molecule has 2 aliphatic rings. The number of amides is 1. The molecule has 29 heavy (non-hydrogen) atoms. The van der Waals surface area contributed by atoms with Gasteiger partial charge in [0.05, 0.1) is 6.54 Å². The number of benzene rings is 2. The summed E-state index contributed by atoms with van der Waals surface area (Å²) in [6.45, 7) is 3.43. The van der Waals surface area contributed by atoms with Crippen molar-refractivity contribution in [3.05, 3.63) is 65.3 Å². The molecule has 1 atom stereocenters. The zero-order valence-electron chi connectivity index (χ0n) is 16.2. The quantitative estimate of drug-likeness (QED) is 0.657. The second-order valence-corrected chi connectivity index (χ2v) is 8.39. The lowest BCUT2D eigenvalue weighted by Crippen LogP contribution is -2.39. The van der Waals surface area contributed by atoms with E-state index in [4.69, 9.17) is 16.3 Å². The van der Waals surface area contributed by atoms with Gasteiger partial charge < -0.3 is 9.72 Å². The molecule has 3 aromatic rings. The molecule has 1 amide bonds. The Kier molecular flexibility index (Phi) is 4.94. The van der Waals surface area contributed by atoms with Gasteiger partial charge >= 0.3 is 6.09 Å². The van der Waals surface area contributed by atoms with Crippen LogP contribution < -0.4 is 4.90 Å². The van der Waals surface area contributed by atoms with Crippen LogP contribution in [0.2, 0.25) is 5.02 Å². The van der Waals surface area contributed by atoms with Gasteiger partial charge in [-0.05, 0) is 67.7 Å². The average Bonchev–Trinajstić information content (AvgIpc) is 3.33. The number of hydrogen-bond acceptors (Lipinski definition) is 3.